The van der Waals surface area contributed by atoms with Crippen LogP contribution in [0.15, 0.2) is 36.4 Å². The quantitative estimate of drug-likeness (QED) is 0.938. The Morgan fingerprint density at radius 2 is 2.00 bits per heavy atom. The van der Waals surface area contributed by atoms with Gasteiger partial charge in [-0.15, -0.1) is 0 Å². The first-order chi connectivity index (χ1) is 9.97. The number of anilines is 1. The van der Waals surface area contributed by atoms with Crippen molar-refractivity contribution in [3.63, 3.8) is 0 Å². The fraction of sp³-hybridized carbons (Fsp3) is 0.375. The number of carbonyl (C=O) groups is 1. The highest BCUT2D eigenvalue weighted by Crippen LogP contribution is 2.12. The van der Waals surface area contributed by atoms with Crippen LogP contribution in [-0.4, -0.2) is 26.8 Å². The SMILES string of the molecule is Cc1cc(NC(=O)N(Cc2ccccc2)C(C)C)nn1C. The highest BCUT2D eigenvalue weighted by atomic mass is 16.2. The maximum Gasteiger partial charge on any atom is 0.323 e. The predicted octanol–water partition coefficient (Wildman–Crippen LogP) is 3.17. The molecule has 0 saturated heterocycles. The molecule has 21 heavy (non-hydrogen) atoms. The number of urea groups is 1. The lowest BCUT2D eigenvalue weighted by Crippen LogP contribution is -2.39. The van der Waals surface area contributed by atoms with E-state index < -0.39 is 0 Å². The van der Waals surface area contributed by atoms with Gasteiger partial charge in [-0.05, 0) is 26.3 Å². The number of aryl methyl sites for hydroxylation is 2. The predicted molar refractivity (Wildman–Crippen MR) is 84.1 cm³/mol. The highest BCUT2D eigenvalue weighted by molar-refractivity contribution is 5.88. The molecule has 5 nitrogen and oxygen atoms in total. The van der Waals surface area contributed by atoms with Crippen molar-refractivity contribution < 1.29 is 4.79 Å². The lowest BCUT2D eigenvalue weighted by atomic mass is 10.2. The summed E-state index contributed by atoms with van der Waals surface area (Å²) in [7, 11) is 1.86. The van der Waals surface area contributed by atoms with Crippen LogP contribution in [0.25, 0.3) is 0 Å². The van der Waals surface area contributed by atoms with Crippen molar-refractivity contribution in [3.8, 4) is 0 Å². The van der Waals surface area contributed by atoms with Crippen LogP contribution in [0.2, 0.25) is 0 Å². The van der Waals surface area contributed by atoms with E-state index in [9.17, 15) is 4.79 Å². The van der Waals surface area contributed by atoms with Crippen LogP contribution in [0.4, 0.5) is 10.6 Å². The van der Waals surface area contributed by atoms with E-state index in [1.54, 1.807) is 9.58 Å². The topological polar surface area (TPSA) is 50.2 Å². The second kappa shape index (κ2) is 6.43. The molecule has 0 saturated carbocycles. The highest BCUT2D eigenvalue weighted by Gasteiger charge is 2.18. The third kappa shape index (κ3) is 3.84. The average Bonchev–Trinajstić information content (AvgIpc) is 2.75. The number of aromatic nitrogens is 2. The number of nitrogens with one attached hydrogen (secondary N) is 1. The summed E-state index contributed by atoms with van der Waals surface area (Å²) in [6.07, 6.45) is 0. The number of nitrogens with zero attached hydrogens (tertiary/aromatic N) is 3. The number of hydrogen-bond acceptors (Lipinski definition) is 2. The molecule has 2 rings (SSSR count). The molecular formula is C16H22N4O. The van der Waals surface area contributed by atoms with Gasteiger partial charge in [0.05, 0.1) is 0 Å². The lowest BCUT2D eigenvalue weighted by Gasteiger charge is -2.26. The maximum absolute atomic E-state index is 12.4. The van der Waals surface area contributed by atoms with Crippen LogP contribution in [0.1, 0.15) is 25.1 Å². The van der Waals surface area contributed by atoms with E-state index in [-0.39, 0.29) is 12.1 Å². The molecule has 1 N–H and O–H groups in total. The largest absolute Gasteiger partial charge is 0.323 e. The van der Waals surface area contributed by atoms with Crippen LogP contribution in [-0.2, 0) is 13.6 Å². The van der Waals surface area contributed by atoms with Crippen LogP contribution in [0.5, 0.6) is 0 Å². The zero-order chi connectivity index (χ0) is 15.4. The van der Waals surface area contributed by atoms with E-state index in [2.05, 4.69) is 10.4 Å². The minimum atomic E-state index is -0.132. The minimum absolute atomic E-state index is 0.106. The Morgan fingerprint density at radius 3 is 2.52 bits per heavy atom. The van der Waals surface area contributed by atoms with E-state index in [4.69, 9.17) is 0 Å². The Hall–Kier alpha value is -2.30. The first-order valence-electron chi connectivity index (χ1n) is 7.09. The molecule has 0 spiro atoms. The van der Waals surface area contributed by atoms with Crippen molar-refractivity contribution in [1.82, 2.24) is 14.7 Å². The van der Waals surface area contributed by atoms with Gasteiger partial charge in [0, 0.05) is 31.4 Å². The molecule has 1 aromatic heterocycles. The van der Waals surface area contributed by atoms with Gasteiger partial charge in [-0.1, -0.05) is 30.3 Å². The number of rotatable bonds is 4. The van der Waals surface area contributed by atoms with Crippen molar-refractivity contribution in [2.45, 2.75) is 33.4 Å². The summed E-state index contributed by atoms with van der Waals surface area (Å²) < 4.78 is 1.74. The van der Waals surface area contributed by atoms with Crippen molar-refractivity contribution in [3.05, 3.63) is 47.7 Å². The van der Waals surface area contributed by atoms with E-state index in [0.717, 1.165) is 11.3 Å². The van der Waals surface area contributed by atoms with Gasteiger partial charge in [-0.2, -0.15) is 5.10 Å². The molecule has 0 aliphatic rings. The molecule has 0 unspecified atom stereocenters. The normalized spacial score (nSPS) is 10.7. The molecule has 112 valence electrons. The van der Waals surface area contributed by atoms with Gasteiger partial charge in [-0.3, -0.25) is 10.00 Å². The van der Waals surface area contributed by atoms with Gasteiger partial charge in [0.1, 0.15) is 0 Å². The summed E-state index contributed by atoms with van der Waals surface area (Å²) in [5.41, 5.74) is 2.11. The molecule has 2 aromatic rings. The molecule has 0 bridgehead atoms. The van der Waals surface area contributed by atoms with Gasteiger partial charge in [0.2, 0.25) is 0 Å². The Morgan fingerprint density at radius 1 is 1.33 bits per heavy atom. The third-order valence-corrected chi connectivity index (χ3v) is 3.43. The Labute approximate surface area is 125 Å². The summed E-state index contributed by atoms with van der Waals surface area (Å²) in [5, 5.41) is 7.12. The van der Waals surface area contributed by atoms with E-state index in [1.807, 2.05) is 64.2 Å². The maximum atomic E-state index is 12.4. The average molecular weight is 286 g/mol. The Bertz CT molecular complexity index is 584. The summed E-state index contributed by atoms with van der Waals surface area (Å²) in [5.74, 6) is 0.582. The summed E-state index contributed by atoms with van der Waals surface area (Å²) in [6, 6.07) is 11.8. The zero-order valence-corrected chi connectivity index (χ0v) is 13.0. The third-order valence-electron chi connectivity index (χ3n) is 3.43. The number of amides is 2. The molecule has 5 heteroatoms. The standard InChI is InChI=1S/C16H22N4O/c1-12(2)20(11-14-8-6-5-7-9-14)16(21)17-15-10-13(3)19(4)18-15/h5-10,12H,11H2,1-4H3,(H,17,18,21). The van der Waals surface area contributed by atoms with Gasteiger partial charge in [-0.25, -0.2) is 4.79 Å². The van der Waals surface area contributed by atoms with Gasteiger partial charge < -0.3 is 4.90 Å². The van der Waals surface area contributed by atoms with Gasteiger partial charge in [0.15, 0.2) is 5.82 Å². The van der Waals surface area contributed by atoms with Crippen LogP contribution >= 0.6 is 0 Å². The minimum Gasteiger partial charge on any atom is -0.318 e. The summed E-state index contributed by atoms with van der Waals surface area (Å²) in [4.78, 5) is 14.2. The number of benzene rings is 1. The van der Waals surface area contributed by atoms with Crippen molar-refractivity contribution in [1.29, 1.82) is 0 Å². The fourth-order valence-electron chi connectivity index (χ4n) is 2.07. The number of hydrogen-bond donors (Lipinski definition) is 1. The van der Waals surface area contributed by atoms with E-state index >= 15 is 0 Å². The van der Waals surface area contributed by atoms with E-state index in [0.29, 0.717) is 12.4 Å². The van der Waals surface area contributed by atoms with Crippen LogP contribution < -0.4 is 5.32 Å². The van der Waals surface area contributed by atoms with Crippen molar-refractivity contribution in [2.75, 3.05) is 5.32 Å². The van der Waals surface area contributed by atoms with Gasteiger partial charge >= 0.3 is 6.03 Å². The van der Waals surface area contributed by atoms with E-state index in [1.165, 1.54) is 0 Å². The fourth-order valence-corrected chi connectivity index (χ4v) is 2.07. The smallest absolute Gasteiger partial charge is 0.318 e. The first-order valence-corrected chi connectivity index (χ1v) is 7.09. The molecule has 0 radical (unpaired) electrons. The van der Waals surface area contributed by atoms with Crippen molar-refractivity contribution >= 4 is 11.8 Å². The molecule has 0 aliphatic carbocycles. The van der Waals surface area contributed by atoms with Crippen molar-refractivity contribution in [2.24, 2.45) is 7.05 Å². The Balaban J connectivity index is 2.09. The lowest BCUT2D eigenvalue weighted by molar-refractivity contribution is 0.193. The molecule has 1 aromatic carbocycles. The first kappa shape index (κ1) is 15.1. The van der Waals surface area contributed by atoms with Crippen LogP contribution in [0.3, 0.4) is 0 Å². The molecule has 1 heterocycles. The molecular weight excluding hydrogens is 264 g/mol. The monoisotopic (exact) mass is 286 g/mol. The molecule has 0 fully saturated rings. The molecule has 0 aliphatic heterocycles. The summed E-state index contributed by atoms with van der Waals surface area (Å²) in [6.45, 7) is 6.54. The van der Waals surface area contributed by atoms with Gasteiger partial charge in [0.25, 0.3) is 0 Å². The number of carbonyl (C=O) groups excluding carboxylic acids is 1. The zero-order valence-electron chi connectivity index (χ0n) is 13.0. The second-order valence-corrected chi connectivity index (χ2v) is 5.43. The molecule has 2 amide bonds. The van der Waals surface area contributed by atoms with Crippen LogP contribution in [0, 0.1) is 6.92 Å². The second-order valence-electron chi connectivity index (χ2n) is 5.43. The Kier molecular flexibility index (Phi) is 4.62. The molecule has 0 atom stereocenters. The summed E-state index contributed by atoms with van der Waals surface area (Å²) >= 11 is 0.